The Hall–Kier alpha value is -2.23. The Balaban J connectivity index is 1.54. The Bertz CT molecular complexity index is 995. The summed E-state index contributed by atoms with van der Waals surface area (Å²) in [5.41, 5.74) is 2.27. The van der Waals surface area contributed by atoms with E-state index in [-0.39, 0.29) is 16.6 Å². The molecule has 2 aromatic rings. The van der Waals surface area contributed by atoms with Crippen LogP contribution in [0.2, 0.25) is 0 Å². The summed E-state index contributed by atoms with van der Waals surface area (Å²) in [5, 5.41) is 10.3. The molecule has 2 N–H and O–H groups in total. The number of aromatic nitrogens is 2. The zero-order valence-electron chi connectivity index (χ0n) is 16.6. The monoisotopic (exact) mass is 417 g/mol. The lowest BCUT2D eigenvalue weighted by Gasteiger charge is -2.28. The van der Waals surface area contributed by atoms with Crippen molar-refractivity contribution in [1.29, 1.82) is 0 Å². The summed E-state index contributed by atoms with van der Waals surface area (Å²) in [4.78, 5) is 12.8. The maximum Gasteiger partial charge on any atom is 0.261 e. The first-order chi connectivity index (χ1) is 14.0. The minimum atomic E-state index is -3.85. The van der Waals surface area contributed by atoms with Crippen molar-refractivity contribution in [1.82, 2.24) is 24.7 Å². The molecule has 156 valence electrons. The SMILES string of the molecule is Cn1ncc(C(=O)NC[C@H]2CCCCN2)c1S(=O)(=O)N1CCc2ccccc2C1. The van der Waals surface area contributed by atoms with E-state index in [1.54, 1.807) is 7.05 Å². The van der Waals surface area contributed by atoms with E-state index in [0.29, 0.717) is 26.1 Å². The number of nitrogens with zero attached hydrogens (tertiary/aromatic N) is 3. The number of benzene rings is 1. The molecule has 8 nitrogen and oxygen atoms in total. The first kappa shape index (κ1) is 20.1. The van der Waals surface area contributed by atoms with Crippen molar-refractivity contribution in [2.75, 3.05) is 19.6 Å². The fourth-order valence-corrected chi connectivity index (χ4v) is 5.78. The van der Waals surface area contributed by atoms with Crippen LogP contribution in [0.25, 0.3) is 0 Å². The highest BCUT2D eigenvalue weighted by Crippen LogP contribution is 2.26. The van der Waals surface area contributed by atoms with E-state index in [1.807, 2.05) is 24.3 Å². The number of sulfonamides is 1. The lowest BCUT2D eigenvalue weighted by molar-refractivity contribution is 0.0944. The molecule has 0 aliphatic carbocycles. The maximum absolute atomic E-state index is 13.4. The predicted octanol–water partition coefficient (Wildman–Crippen LogP) is 1.04. The van der Waals surface area contributed by atoms with Crippen molar-refractivity contribution in [3.8, 4) is 0 Å². The Kier molecular flexibility index (Phi) is 5.71. The third-order valence-electron chi connectivity index (χ3n) is 5.73. The maximum atomic E-state index is 13.4. The molecule has 2 aliphatic rings. The smallest absolute Gasteiger partial charge is 0.261 e. The third-order valence-corrected chi connectivity index (χ3v) is 7.69. The van der Waals surface area contributed by atoms with Crippen molar-refractivity contribution >= 4 is 15.9 Å². The summed E-state index contributed by atoms with van der Waals surface area (Å²) in [6, 6.07) is 8.08. The molecule has 1 amide bonds. The van der Waals surface area contributed by atoms with E-state index in [9.17, 15) is 13.2 Å². The quantitative estimate of drug-likeness (QED) is 0.758. The molecular weight excluding hydrogens is 390 g/mol. The Morgan fingerprint density at radius 3 is 2.83 bits per heavy atom. The molecule has 1 aromatic carbocycles. The van der Waals surface area contributed by atoms with E-state index in [1.165, 1.54) is 20.7 Å². The molecule has 0 bridgehead atoms. The van der Waals surface area contributed by atoms with Crippen molar-refractivity contribution in [2.45, 2.75) is 43.3 Å². The Morgan fingerprint density at radius 1 is 1.28 bits per heavy atom. The fraction of sp³-hybridized carbons (Fsp3) is 0.500. The van der Waals surface area contributed by atoms with Gasteiger partial charge in [0.1, 0.15) is 0 Å². The number of aryl methyl sites for hydroxylation is 1. The number of fused-ring (bicyclic) bond motifs is 1. The number of carbonyl (C=O) groups is 1. The van der Waals surface area contributed by atoms with Gasteiger partial charge in [0.05, 0.1) is 11.8 Å². The van der Waals surface area contributed by atoms with Gasteiger partial charge in [-0.25, -0.2) is 8.42 Å². The normalized spacial score (nSPS) is 20.2. The number of piperidine rings is 1. The van der Waals surface area contributed by atoms with Gasteiger partial charge >= 0.3 is 0 Å². The van der Waals surface area contributed by atoms with Crippen LogP contribution in [0.5, 0.6) is 0 Å². The zero-order valence-corrected chi connectivity index (χ0v) is 17.4. The summed E-state index contributed by atoms with van der Waals surface area (Å²) >= 11 is 0. The van der Waals surface area contributed by atoms with E-state index in [4.69, 9.17) is 0 Å². The Morgan fingerprint density at radius 2 is 2.07 bits per heavy atom. The molecule has 0 saturated carbocycles. The van der Waals surface area contributed by atoms with Gasteiger partial charge in [-0.15, -0.1) is 0 Å². The second-order valence-electron chi connectivity index (χ2n) is 7.70. The topological polar surface area (TPSA) is 96.3 Å². The Labute approximate surface area is 171 Å². The van der Waals surface area contributed by atoms with Gasteiger partial charge in [-0.1, -0.05) is 30.7 Å². The van der Waals surface area contributed by atoms with Gasteiger partial charge in [-0.05, 0) is 36.9 Å². The molecule has 1 saturated heterocycles. The van der Waals surface area contributed by atoms with E-state index in [0.717, 1.165) is 31.4 Å². The second-order valence-corrected chi connectivity index (χ2v) is 9.55. The molecule has 1 fully saturated rings. The van der Waals surface area contributed by atoms with Crippen LogP contribution >= 0.6 is 0 Å². The van der Waals surface area contributed by atoms with Crippen molar-refractivity contribution in [3.63, 3.8) is 0 Å². The number of hydrogen-bond acceptors (Lipinski definition) is 5. The molecule has 0 unspecified atom stereocenters. The number of nitrogens with one attached hydrogen (secondary N) is 2. The molecular formula is C20H27N5O3S. The van der Waals surface area contributed by atoms with Gasteiger partial charge in [-0.2, -0.15) is 9.40 Å². The van der Waals surface area contributed by atoms with Crippen LogP contribution in [0.4, 0.5) is 0 Å². The van der Waals surface area contributed by atoms with Gasteiger partial charge < -0.3 is 10.6 Å². The predicted molar refractivity (Wildman–Crippen MR) is 109 cm³/mol. The first-order valence-corrected chi connectivity index (χ1v) is 11.5. The fourth-order valence-electron chi connectivity index (χ4n) is 4.09. The molecule has 9 heteroatoms. The van der Waals surface area contributed by atoms with Crippen LogP contribution in [0.15, 0.2) is 35.5 Å². The molecule has 3 heterocycles. The summed E-state index contributed by atoms with van der Waals surface area (Å²) in [6.07, 6.45) is 5.28. The highest BCUT2D eigenvalue weighted by atomic mass is 32.2. The van der Waals surface area contributed by atoms with Crippen molar-refractivity contribution in [3.05, 3.63) is 47.2 Å². The molecule has 4 rings (SSSR count). The van der Waals surface area contributed by atoms with Gasteiger partial charge in [0, 0.05) is 32.7 Å². The first-order valence-electron chi connectivity index (χ1n) is 10.1. The van der Waals surface area contributed by atoms with Gasteiger partial charge in [0.2, 0.25) is 0 Å². The third kappa shape index (κ3) is 4.08. The van der Waals surface area contributed by atoms with Gasteiger partial charge in [0.15, 0.2) is 5.03 Å². The van der Waals surface area contributed by atoms with Crippen LogP contribution in [-0.4, -0.2) is 54.1 Å². The van der Waals surface area contributed by atoms with Gasteiger partial charge in [-0.3, -0.25) is 9.48 Å². The van der Waals surface area contributed by atoms with Crippen LogP contribution < -0.4 is 10.6 Å². The number of amides is 1. The summed E-state index contributed by atoms with van der Waals surface area (Å²) < 4.78 is 29.5. The van der Waals surface area contributed by atoms with Crippen molar-refractivity contribution in [2.24, 2.45) is 7.05 Å². The second kappa shape index (κ2) is 8.25. The van der Waals surface area contributed by atoms with E-state index >= 15 is 0 Å². The molecule has 1 aromatic heterocycles. The minimum Gasteiger partial charge on any atom is -0.350 e. The molecule has 1 atom stereocenters. The number of carbonyl (C=O) groups excluding carboxylic acids is 1. The number of hydrogen-bond donors (Lipinski definition) is 2. The molecule has 0 radical (unpaired) electrons. The van der Waals surface area contributed by atoms with E-state index in [2.05, 4.69) is 15.7 Å². The molecule has 0 spiro atoms. The van der Waals surface area contributed by atoms with Gasteiger partial charge in [0.25, 0.3) is 15.9 Å². The molecule has 29 heavy (non-hydrogen) atoms. The van der Waals surface area contributed by atoms with E-state index < -0.39 is 15.9 Å². The van der Waals surface area contributed by atoms with Crippen LogP contribution in [-0.2, 0) is 30.0 Å². The number of rotatable bonds is 5. The lowest BCUT2D eigenvalue weighted by atomic mass is 10.0. The average Bonchev–Trinajstić information content (AvgIpc) is 3.14. The summed E-state index contributed by atoms with van der Waals surface area (Å²) in [5.74, 6) is -0.401. The van der Waals surface area contributed by atoms with Crippen LogP contribution in [0.1, 0.15) is 40.7 Å². The van der Waals surface area contributed by atoms with Crippen molar-refractivity contribution < 1.29 is 13.2 Å². The van der Waals surface area contributed by atoms with Crippen LogP contribution in [0.3, 0.4) is 0 Å². The standard InChI is InChI=1S/C20H27N5O3S/c1-24-20(18(13-23-24)19(26)22-12-17-8-4-5-10-21-17)29(27,28)25-11-9-15-6-2-3-7-16(15)14-25/h2-3,6-7,13,17,21H,4-5,8-12,14H2,1H3,(H,22,26)/t17-/m1/s1. The average molecular weight is 418 g/mol. The summed E-state index contributed by atoms with van der Waals surface area (Å²) in [7, 11) is -2.29. The largest absolute Gasteiger partial charge is 0.350 e. The summed E-state index contributed by atoms with van der Waals surface area (Å²) in [6.45, 7) is 2.11. The zero-order chi connectivity index (χ0) is 20.4. The highest BCUT2D eigenvalue weighted by molar-refractivity contribution is 7.89. The minimum absolute atomic E-state index is 0.0500. The highest BCUT2D eigenvalue weighted by Gasteiger charge is 2.34. The lowest BCUT2D eigenvalue weighted by Crippen LogP contribution is -2.44. The molecule has 2 aliphatic heterocycles. The van der Waals surface area contributed by atoms with Crippen LogP contribution in [0, 0.1) is 0 Å².